The predicted molar refractivity (Wildman–Crippen MR) is 66.4 cm³/mol. The fourth-order valence-electron chi connectivity index (χ4n) is 1.84. The second-order valence-corrected chi connectivity index (χ2v) is 4.25. The molecule has 0 aliphatic heterocycles. The summed E-state index contributed by atoms with van der Waals surface area (Å²) in [6.45, 7) is 3.90. The predicted octanol–water partition coefficient (Wildman–Crippen LogP) is 3.04. The van der Waals surface area contributed by atoms with Crippen molar-refractivity contribution in [1.82, 2.24) is 9.55 Å². The van der Waals surface area contributed by atoms with Crippen LogP contribution in [0.2, 0.25) is 0 Å². The van der Waals surface area contributed by atoms with Gasteiger partial charge in [-0.05, 0) is 31.5 Å². The second kappa shape index (κ2) is 4.57. The molecule has 4 heteroatoms. The molecule has 0 amide bonds. The molecule has 1 unspecified atom stereocenters. The zero-order chi connectivity index (χ0) is 12.4. The van der Waals surface area contributed by atoms with Gasteiger partial charge in [-0.15, -0.1) is 0 Å². The maximum absolute atomic E-state index is 13.6. The minimum absolute atomic E-state index is 0.0358. The zero-order valence-electron chi connectivity index (χ0n) is 10.2. The molecule has 0 fully saturated rings. The third-order valence-electron chi connectivity index (χ3n) is 2.74. The average Bonchev–Trinajstić information content (AvgIpc) is 2.70. The molecule has 0 aliphatic rings. The number of imidazole rings is 1. The Labute approximate surface area is 100 Å². The second-order valence-electron chi connectivity index (χ2n) is 4.25. The number of halogens is 1. The fraction of sp³-hybridized carbons (Fsp3) is 0.308. The highest BCUT2D eigenvalue weighted by atomic mass is 19.1. The lowest BCUT2D eigenvalue weighted by Crippen LogP contribution is -2.12. The number of hydrogen-bond donors (Lipinski definition) is 1. The molecule has 3 nitrogen and oxygen atoms in total. The van der Waals surface area contributed by atoms with Crippen molar-refractivity contribution >= 4 is 5.69 Å². The van der Waals surface area contributed by atoms with Crippen LogP contribution in [0.15, 0.2) is 30.6 Å². The van der Waals surface area contributed by atoms with Crippen LogP contribution in [0.1, 0.15) is 24.4 Å². The van der Waals surface area contributed by atoms with Crippen LogP contribution < -0.4 is 5.32 Å². The number of anilines is 1. The van der Waals surface area contributed by atoms with E-state index in [2.05, 4.69) is 10.3 Å². The Hall–Kier alpha value is -1.84. The van der Waals surface area contributed by atoms with Crippen molar-refractivity contribution in [2.45, 2.75) is 19.9 Å². The first kappa shape index (κ1) is 11.6. The average molecular weight is 233 g/mol. The normalized spacial score (nSPS) is 12.5. The van der Waals surface area contributed by atoms with Gasteiger partial charge in [-0.3, -0.25) is 0 Å². The van der Waals surface area contributed by atoms with Gasteiger partial charge in [-0.1, -0.05) is 6.07 Å². The summed E-state index contributed by atoms with van der Waals surface area (Å²) >= 11 is 0. The van der Waals surface area contributed by atoms with E-state index < -0.39 is 0 Å². The minimum Gasteiger partial charge on any atom is -0.373 e. The summed E-state index contributed by atoms with van der Waals surface area (Å²) in [5.41, 5.74) is 1.54. The largest absolute Gasteiger partial charge is 0.373 e. The molecule has 1 atom stereocenters. The Bertz CT molecular complexity index is 519. The highest BCUT2D eigenvalue weighted by molar-refractivity contribution is 5.48. The number of hydrogen-bond acceptors (Lipinski definition) is 2. The highest BCUT2D eigenvalue weighted by Gasteiger charge is 2.12. The van der Waals surface area contributed by atoms with Crippen molar-refractivity contribution < 1.29 is 4.39 Å². The van der Waals surface area contributed by atoms with Crippen molar-refractivity contribution in [3.63, 3.8) is 0 Å². The van der Waals surface area contributed by atoms with Gasteiger partial charge in [0.05, 0.1) is 11.7 Å². The maximum atomic E-state index is 13.6. The summed E-state index contributed by atoms with van der Waals surface area (Å²) in [6, 6.07) is 5.00. The van der Waals surface area contributed by atoms with E-state index in [1.807, 2.05) is 31.7 Å². The van der Waals surface area contributed by atoms with Crippen LogP contribution in [0.25, 0.3) is 0 Å². The van der Waals surface area contributed by atoms with E-state index in [4.69, 9.17) is 0 Å². The van der Waals surface area contributed by atoms with Crippen LogP contribution in [0.5, 0.6) is 0 Å². The molecule has 0 aliphatic carbocycles. The van der Waals surface area contributed by atoms with Gasteiger partial charge in [0.15, 0.2) is 0 Å². The van der Waals surface area contributed by atoms with E-state index in [-0.39, 0.29) is 11.9 Å². The highest BCUT2D eigenvalue weighted by Crippen LogP contribution is 2.21. The van der Waals surface area contributed by atoms with Gasteiger partial charge in [-0.2, -0.15) is 0 Å². The zero-order valence-corrected chi connectivity index (χ0v) is 10.2. The Balaban J connectivity index is 2.21. The summed E-state index contributed by atoms with van der Waals surface area (Å²) in [6.07, 6.45) is 3.61. The van der Waals surface area contributed by atoms with Crippen LogP contribution in [0.3, 0.4) is 0 Å². The van der Waals surface area contributed by atoms with E-state index in [1.54, 1.807) is 18.3 Å². The lowest BCUT2D eigenvalue weighted by molar-refractivity contribution is 0.623. The molecule has 1 N–H and O–H groups in total. The molecule has 1 aromatic heterocycles. The van der Waals surface area contributed by atoms with E-state index in [0.29, 0.717) is 5.69 Å². The lowest BCUT2D eigenvalue weighted by Gasteiger charge is -2.16. The summed E-state index contributed by atoms with van der Waals surface area (Å²) in [7, 11) is 1.92. The third kappa shape index (κ3) is 2.46. The number of benzene rings is 1. The SMILES string of the molecule is Cc1ccc(F)c(NC(C)c2nccn2C)c1. The molecule has 17 heavy (non-hydrogen) atoms. The van der Waals surface area contributed by atoms with Crippen LogP contribution in [0, 0.1) is 12.7 Å². The molecule has 1 heterocycles. The van der Waals surface area contributed by atoms with Gasteiger partial charge in [-0.25, -0.2) is 9.37 Å². The standard InChI is InChI=1S/C13H16FN3/c1-9-4-5-11(14)12(8-9)16-10(2)13-15-6-7-17(13)3/h4-8,10,16H,1-3H3. The fourth-order valence-corrected chi connectivity index (χ4v) is 1.84. The maximum Gasteiger partial charge on any atom is 0.146 e. The molecule has 2 aromatic rings. The van der Waals surface area contributed by atoms with Crippen molar-refractivity contribution in [1.29, 1.82) is 0 Å². The Morgan fingerprint density at radius 2 is 2.18 bits per heavy atom. The summed E-state index contributed by atoms with van der Waals surface area (Å²) in [4.78, 5) is 4.24. The quantitative estimate of drug-likeness (QED) is 0.883. The molecule has 1 aromatic carbocycles. The van der Waals surface area contributed by atoms with E-state index >= 15 is 0 Å². The summed E-state index contributed by atoms with van der Waals surface area (Å²) in [5.74, 6) is 0.641. The molecule has 0 saturated carbocycles. The van der Waals surface area contributed by atoms with Gasteiger partial charge in [0.25, 0.3) is 0 Å². The van der Waals surface area contributed by atoms with E-state index in [1.165, 1.54) is 6.07 Å². The van der Waals surface area contributed by atoms with Crippen LogP contribution in [0.4, 0.5) is 10.1 Å². The molecular weight excluding hydrogens is 217 g/mol. The number of rotatable bonds is 3. The Morgan fingerprint density at radius 3 is 2.82 bits per heavy atom. The van der Waals surface area contributed by atoms with Crippen LogP contribution in [-0.2, 0) is 7.05 Å². The monoisotopic (exact) mass is 233 g/mol. The first-order chi connectivity index (χ1) is 8.08. The van der Waals surface area contributed by atoms with Gasteiger partial charge >= 0.3 is 0 Å². The summed E-state index contributed by atoms with van der Waals surface area (Å²) < 4.78 is 15.5. The van der Waals surface area contributed by atoms with Crippen LogP contribution in [-0.4, -0.2) is 9.55 Å². The third-order valence-corrected chi connectivity index (χ3v) is 2.74. The van der Waals surface area contributed by atoms with Gasteiger partial charge < -0.3 is 9.88 Å². The van der Waals surface area contributed by atoms with Gasteiger partial charge in [0, 0.05) is 19.4 Å². The number of aryl methyl sites for hydroxylation is 2. The molecule has 0 spiro atoms. The molecular formula is C13H16FN3. The van der Waals surface area contributed by atoms with Crippen molar-refractivity contribution in [2.24, 2.45) is 7.05 Å². The van der Waals surface area contributed by atoms with Crippen molar-refractivity contribution in [3.05, 3.63) is 47.8 Å². The van der Waals surface area contributed by atoms with Crippen molar-refractivity contribution in [3.8, 4) is 0 Å². The topological polar surface area (TPSA) is 29.9 Å². The molecule has 0 bridgehead atoms. The minimum atomic E-state index is -0.239. The molecule has 0 saturated heterocycles. The number of nitrogens with one attached hydrogen (secondary N) is 1. The first-order valence-electron chi connectivity index (χ1n) is 5.58. The lowest BCUT2D eigenvalue weighted by atomic mass is 10.2. The molecule has 2 rings (SSSR count). The smallest absolute Gasteiger partial charge is 0.146 e. The van der Waals surface area contributed by atoms with E-state index in [0.717, 1.165) is 11.4 Å². The summed E-state index contributed by atoms with van der Waals surface area (Å²) in [5, 5.41) is 3.14. The molecule has 90 valence electrons. The van der Waals surface area contributed by atoms with Gasteiger partial charge in [0.2, 0.25) is 0 Å². The van der Waals surface area contributed by atoms with E-state index in [9.17, 15) is 4.39 Å². The van der Waals surface area contributed by atoms with Crippen molar-refractivity contribution in [2.75, 3.05) is 5.32 Å². The Kier molecular flexibility index (Phi) is 3.13. The molecule has 0 radical (unpaired) electrons. The number of aromatic nitrogens is 2. The van der Waals surface area contributed by atoms with Gasteiger partial charge in [0.1, 0.15) is 11.6 Å². The number of nitrogens with zero attached hydrogens (tertiary/aromatic N) is 2. The first-order valence-corrected chi connectivity index (χ1v) is 5.58. The Morgan fingerprint density at radius 1 is 1.41 bits per heavy atom. The van der Waals surface area contributed by atoms with Crippen LogP contribution >= 0.6 is 0 Å².